The fourth-order valence-electron chi connectivity index (χ4n) is 4.20. The van der Waals surface area contributed by atoms with E-state index in [4.69, 9.17) is 4.98 Å². The maximum absolute atomic E-state index is 13.1. The number of nitrogens with one attached hydrogen (secondary N) is 2. The van der Waals surface area contributed by atoms with Crippen LogP contribution in [0.5, 0.6) is 0 Å². The van der Waals surface area contributed by atoms with Gasteiger partial charge in [0.1, 0.15) is 5.82 Å². The first kappa shape index (κ1) is 18.8. The number of aromatic nitrogens is 3. The summed E-state index contributed by atoms with van der Waals surface area (Å²) in [6.45, 7) is 0.795. The third kappa shape index (κ3) is 3.80. The summed E-state index contributed by atoms with van der Waals surface area (Å²) in [5.41, 5.74) is 3.25. The Kier molecular flexibility index (Phi) is 5.19. The number of benzene rings is 1. The summed E-state index contributed by atoms with van der Waals surface area (Å²) >= 11 is 1.54. The van der Waals surface area contributed by atoms with E-state index in [-0.39, 0.29) is 11.9 Å². The van der Waals surface area contributed by atoms with Crippen LogP contribution in [0.4, 0.5) is 10.9 Å². The largest absolute Gasteiger partial charge is 0.361 e. The number of pyridine rings is 1. The Labute approximate surface area is 179 Å². The van der Waals surface area contributed by atoms with Crippen molar-refractivity contribution in [2.24, 2.45) is 0 Å². The molecular formula is C23H23N5OS. The third-order valence-electron chi connectivity index (χ3n) is 5.64. The highest BCUT2D eigenvalue weighted by molar-refractivity contribution is 7.13. The number of anilines is 2. The summed E-state index contributed by atoms with van der Waals surface area (Å²) in [6.07, 6.45) is 7.00. The zero-order valence-electron chi connectivity index (χ0n) is 16.5. The Morgan fingerprint density at radius 2 is 2.17 bits per heavy atom. The Morgan fingerprint density at radius 3 is 3.07 bits per heavy atom. The number of para-hydroxylation sites is 1. The van der Waals surface area contributed by atoms with E-state index in [9.17, 15) is 4.79 Å². The van der Waals surface area contributed by atoms with Gasteiger partial charge in [0.25, 0.3) is 0 Å². The molecule has 6 nitrogen and oxygen atoms in total. The number of thiazole rings is 1. The molecule has 3 aromatic heterocycles. The molecule has 30 heavy (non-hydrogen) atoms. The number of hydrogen-bond donors (Lipinski definition) is 2. The SMILES string of the molecule is O=C(CCc1c[nH]c2ccccc12)N1CCC[C@@H]1c1cccc(Nc2nccs2)n1. The predicted octanol–water partition coefficient (Wildman–Crippen LogP) is 5.06. The molecule has 2 N–H and O–H groups in total. The van der Waals surface area contributed by atoms with Crippen LogP contribution in [0.25, 0.3) is 10.9 Å². The maximum atomic E-state index is 13.1. The lowest BCUT2D eigenvalue weighted by atomic mass is 10.1. The van der Waals surface area contributed by atoms with Crippen LogP contribution in [-0.2, 0) is 11.2 Å². The highest BCUT2D eigenvalue weighted by atomic mass is 32.1. The number of carbonyl (C=O) groups excluding carboxylic acids is 1. The Morgan fingerprint density at radius 1 is 1.23 bits per heavy atom. The zero-order chi connectivity index (χ0) is 20.3. The minimum absolute atomic E-state index is 0.0403. The van der Waals surface area contributed by atoms with Gasteiger partial charge in [-0.15, -0.1) is 11.3 Å². The number of amides is 1. The number of fused-ring (bicyclic) bond motifs is 1. The van der Waals surface area contributed by atoms with Crippen LogP contribution in [-0.4, -0.2) is 32.3 Å². The average Bonchev–Trinajstić information content (AvgIpc) is 3.53. The number of H-pyrrole nitrogens is 1. The van der Waals surface area contributed by atoms with Crippen LogP contribution in [0.2, 0.25) is 0 Å². The number of hydrogen-bond acceptors (Lipinski definition) is 5. The van der Waals surface area contributed by atoms with Crippen LogP contribution in [0.1, 0.15) is 36.6 Å². The van der Waals surface area contributed by atoms with E-state index in [1.165, 1.54) is 22.3 Å². The van der Waals surface area contributed by atoms with Gasteiger partial charge in [0.15, 0.2) is 5.13 Å². The molecule has 0 bridgehead atoms. The van der Waals surface area contributed by atoms with Gasteiger partial charge in [-0.25, -0.2) is 9.97 Å². The van der Waals surface area contributed by atoms with Gasteiger partial charge in [-0.1, -0.05) is 24.3 Å². The van der Waals surface area contributed by atoms with Crippen molar-refractivity contribution in [2.45, 2.75) is 31.7 Å². The van der Waals surface area contributed by atoms with E-state index in [0.717, 1.165) is 48.0 Å². The van der Waals surface area contributed by atoms with Crippen molar-refractivity contribution in [1.82, 2.24) is 19.9 Å². The minimum atomic E-state index is 0.0403. The molecule has 1 fully saturated rings. The van der Waals surface area contributed by atoms with Crippen molar-refractivity contribution in [3.05, 3.63) is 71.5 Å². The normalized spacial score (nSPS) is 16.3. The first-order chi connectivity index (χ1) is 14.8. The first-order valence-corrected chi connectivity index (χ1v) is 11.1. The average molecular weight is 418 g/mol. The molecule has 0 radical (unpaired) electrons. The van der Waals surface area contributed by atoms with Gasteiger partial charge in [0, 0.05) is 41.6 Å². The zero-order valence-corrected chi connectivity index (χ0v) is 17.4. The van der Waals surface area contributed by atoms with E-state index >= 15 is 0 Å². The number of aryl methyl sites for hydroxylation is 1. The molecule has 1 atom stereocenters. The second-order valence-corrected chi connectivity index (χ2v) is 8.41. The van der Waals surface area contributed by atoms with Gasteiger partial charge in [-0.3, -0.25) is 4.79 Å². The predicted molar refractivity (Wildman–Crippen MR) is 120 cm³/mol. The molecule has 152 valence electrons. The van der Waals surface area contributed by atoms with Crippen molar-refractivity contribution in [2.75, 3.05) is 11.9 Å². The van der Waals surface area contributed by atoms with Crippen molar-refractivity contribution in [1.29, 1.82) is 0 Å². The minimum Gasteiger partial charge on any atom is -0.361 e. The first-order valence-electron chi connectivity index (χ1n) is 10.3. The van der Waals surface area contributed by atoms with E-state index < -0.39 is 0 Å². The quantitative estimate of drug-likeness (QED) is 0.460. The number of nitrogens with zero attached hydrogens (tertiary/aromatic N) is 3. The van der Waals surface area contributed by atoms with Gasteiger partial charge in [-0.2, -0.15) is 0 Å². The monoisotopic (exact) mass is 417 g/mol. The van der Waals surface area contributed by atoms with Gasteiger partial charge in [-0.05, 0) is 43.0 Å². The summed E-state index contributed by atoms with van der Waals surface area (Å²) in [5, 5.41) is 7.19. The summed E-state index contributed by atoms with van der Waals surface area (Å²) in [7, 11) is 0. The fraction of sp³-hybridized carbons (Fsp3) is 0.261. The molecule has 4 aromatic rings. The summed E-state index contributed by atoms with van der Waals surface area (Å²) < 4.78 is 0. The number of rotatable bonds is 6. The van der Waals surface area contributed by atoms with E-state index in [1.54, 1.807) is 6.20 Å². The van der Waals surface area contributed by atoms with Crippen LogP contribution in [0.15, 0.2) is 60.2 Å². The molecule has 0 aliphatic carbocycles. The molecule has 0 spiro atoms. The van der Waals surface area contributed by atoms with Crippen molar-refractivity contribution >= 4 is 39.1 Å². The molecule has 1 aliphatic rings. The van der Waals surface area contributed by atoms with Crippen molar-refractivity contribution in [3.63, 3.8) is 0 Å². The molecular weight excluding hydrogens is 394 g/mol. The molecule has 4 heterocycles. The van der Waals surface area contributed by atoms with Crippen LogP contribution < -0.4 is 5.32 Å². The Bertz CT molecular complexity index is 1150. The van der Waals surface area contributed by atoms with Crippen molar-refractivity contribution < 1.29 is 4.79 Å². The molecule has 1 aliphatic heterocycles. The standard InChI is InChI=1S/C23H23N5OS/c29-22(11-10-16-15-25-18-6-2-1-5-17(16)18)28-13-4-8-20(28)19-7-3-9-21(26-19)27-23-24-12-14-30-23/h1-3,5-7,9,12,14-15,20,25H,4,8,10-11,13H2,(H,24,26,27)/t20-/m1/s1. The smallest absolute Gasteiger partial charge is 0.223 e. The van der Waals surface area contributed by atoms with Crippen LogP contribution >= 0.6 is 11.3 Å². The number of carbonyl (C=O) groups is 1. The molecule has 7 heteroatoms. The number of likely N-dealkylation sites (tertiary alicyclic amines) is 1. The summed E-state index contributed by atoms with van der Waals surface area (Å²) in [6, 6.07) is 14.2. The van der Waals surface area contributed by atoms with Crippen LogP contribution in [0.3, 0.4) is 0 Å². The van der Waals surface area contributed by atoms with E-state index in [1.807, 2.05) is 46.8 Å². The highest BCUT2D eigenvalue weighted by Gasteiger charge is 2.30. The van der Waals surface area contributed by atoms with Gasteiger partial charge in [0.2, 0.25) is 5.91 Å². The second-order valence-electron chi connectivity index (χ2n) is 7.51. The molecule has 1 saturated heterocycles. The lowest BCUT2D eigenvalue weighted by Gasteiger charge is -2.24. The topological polar surface area (TPSA) is 73.9 Å². The highest BCUT2D eigenvalue weighted by Crippen LogP contribution is 2.32. The lowest BCUT2D eigenvalue weighted by molar-refractivity contribution is -0.132. The Balaban J connectivity index is 1.28. The fourth-order valence-corrected chi connectivity index (χ4v) is 4.73. The van der Waals surface area contributed by atoms with Gasteiger partial charge in [0.05, 0.1) is 11.7 Å². The lowest BCUT2D eigenvalue weighted by Crippen LogP contribution is -2.31. The number of aromatic amines is 1. The molecule has 1 aromatic carbocycles. The Hall–Kier alpha value is -3.19. The van der Waals surface area contributed by atoms with E-state index in [2.05, 4.69) is 27.4 Å². The maximum Gasteiger partial charge on any atom is 0.223 e. The van der Waals surface area contributed by atoms with Gasteiger partial charge < -0.3 is 15.2 Å². The molecule has 0 unspecified atom stereocenters. The van der Waals surface area contributed by atoms with Crippen molar-refractivity contribution in [3.8, 4) is 0 Å². The second kappa shape index (κ2) is 8.28. The third-order valence-corrected chi connectivity index (χ3v) is 6.32. The molecule has 1 amide bonds. The molecule has 0 saturated carbocycles. The molecule has 5 rings (SSSR count). The summed E-state index contributed by atoms with van der Waals surface area (Å²) in [5.74, 6) is 0.961. The summed E-state index contributed by atoms with van der Waals surface area (Å²) in [4.78, 5) is 27.4. The van der Waals surface area contributed by atoms with Gasteiger partial charge >= 0.3 is 0 Å². The van der Waals surface area contributed by atoms with Crippen LogP contribution in [0, 0.1) is 0 Å². The van der Waals surface area contributed by atoms with E-state index in [0.29, 0.717) is 6.42 Å².